The van der Waals surface area contributed by atoms with Gasteiger partial charge >= 0.3 is 11.9 Å². The lowest BCUT2D eigenvalue weighted by Gasteiger charge is -2.35. The minimum Gasteiger partial charge on any atom is -0.494 e. The minimum atomic E-state index is -0.790. The summed E-state index contributed by atoms with van der Waals surface area (Å²) in [6.07, 6.45) is 49.3. The third-order valence-corrected chi connectivity index (χ3v) is 19.1. The number of carboxylic acid groups (broad SMARTS) is 2. The molecule has 0 spiro atoms. The first-order valence-electron chi connectivity index (χ1n) is 34.4. The van der Waals surface area contributed by atoms with E-state index in [4.69, 9.17) is 21.1 Å². The van der Waals surface area contributed by atoms with E-state index < -0.39 is 11.9 Å². The number of hydrogen-bond acceptors (Lipinski definition) is 5. The monoisotopic (exact) mass is 1160 g/mol. The molecule has 2 aromatic rings. The van der Waals surface area contributed by atoms with E-state index in [9.17, 15) is 19.8 Å². The number of carbonyl (C=O) groups is 2. The Balaban J connectivity index is 1.71. The van der Waals surface area contributed by atoms with E-state index in [1.165, 1.54) is 151 Å². The van der Waals surface area contributed by atoms with Crippen LogP contribution in [0.15, 0.2) is 82.6 Å². The second-order valence-electron chi connectivity index (χ2n) is 25.1. The van der Waals surface area contributed by atoms with Crippen molar-refractivity contribution < 1.29 is 33.9 Å². The van der Waals surface area contributed by atoms with Crippen LogP contribution < -0.4 is 14.4 Å². The molecule has 0 radical (unpaired) electrons. The zero-order chi connectivity index (χ0) is 59.7. The Morgan fingerprint density at radius 2 is 1.04 bits per heavy atom. The Morgan fingerprint density at radius 1 is 0.566 bits per heavy atom. The van der Waals surface area contributed by atoms with E-state index in [0.29, 0.717) is 32.2 Å². The summed E-state index contributed by atoms with van der Waals surface area (Å²) < 4.78 is 15.3. The molecule has 2 N–H and O–H groups in total. The summed E-state index contributed by atoms with van der Waals surface area (Å²) in [5, 5.41) is 21.4. The molecule has 1 atom stereocenters. The SMILES string of the molecule is CCCCCCCCC1(CCCCCCCC)C(=CC=C2CC(CC)CC(C=CC3=[N+](CCC(=O)O)c4ccc(OCCCC)cc4C3(CCCCCCCC)CCCCCCCC)=C2Cl)N(CCC(=O)O)c2ccc(OCCCC)cc21. The molecule has 9 heteroatoms. The van der Waals surface area contributed by atoms with Crippen molar-refractivity contribution in [1.82, 2.24) is 0 Å². The number of fused-ring (bicyclic) bond motifs is 2. The summed E-state index contributed by atoms with van der Waals surface area (Å²) in [6, 6.07) is 13.3. The topological polar surface area (TPSA) is 99.3 Å². The van der Waals surface area contributed by atoms with Crippen LogP contribution in [0.3, 0.4) is 0 Å². The molecule has 2 aliphatic heterocycles. The van der Waals surface area contributed by atoms with Gasteiger partial charge in [0, 0.05) is 46.1 Å². The number of anilines is 1. The Morgan fingerprint density at radius 3 is 1.53 bits per heavy atom. The zero-order valence-corrected chi connectivity index (χ0v) is 54.4. The molecule has 5 rings (SSSR count). The molecule has 2 heterocycles. The maximum absolute atomic E-state index is 12.6. The molecule has 8 nitrogen and oxygen atoms in total. The van der Waals surface area contributed by atoms with E-state index in [1.54, 1.807) is 0 Å². The molecule has 2 aromatic carbocycles. The number of aliphatic carboxylic acids is 2. The maximum Gasteiger partial charge on any atom is 0.309 e. The Hall–Kier alpha value is -4.30. The second kappa shape index (κ2) is 38.7. The Kier molecular flexibility index (Phi) is 32.4. The van der Waals surface area contributed by atoms with E-state index in [1.807, 2.05) is 0 Å². The third kappa shape index (κ3) is 21.0. The first kappa shape index (κ1) is 69.5. The molecule has 0 aromatic heterocycles. The molecular formula is C74H116ClN2O6+. The predicted molar refractivity (Wildman–Crippen MR) is 352 cm³/mol. The highest BCUT2D eigenvalue weighted by Crippen LogP contribution is 2.55. The highest BCUT2D eigenvalue weighted by molar-refractivity contribution is 6.32. The summed E-state index contributed by atoms with van der Waals surface area (Å²) in [7, 11) is 0. The van der Waals surface area contributed by atoms with Crippen LogP contribution in [-0.2, 0) is 20.4 Å². The van der Waals surface area contributed by atoms with Gasteiger partial charge in [0.2, 0.25) is 5.69 Å². The van der Waals surface area contributed by atoms with Crippen molar-refractivity contribution in [2.24, 2.45) is 5.92 Å². The maximum atomic E-state index is 12.6. The Bertz CT molecular complexity index is 2380. The zero-order valence-electron chi connectivity index (χ0n) is 53.6. The number of unbranched alkanes of at least 4 members (excludes halogenated alkanes) is 22. The van der Waals surface area contributed by atoms with Gasteiger partial charge in [0.15, 0.2) is 12.3 Å². The molecule has 0 fully saturated rings. The minimum absolute atomic E-state index is 0.0400. The van der Waals surface area contributed by atoms with Crippen LogP contribution in [0.5, 0.6) is 11.5 Å². The summed E-state index contributed by atoms with van der Waals surface area (Å²) in [4.78, 5) is 27.5. The van der Waals surface area contributed by atoms with E-state index in [-0.39, 0.29) is 23.7 Å². The number of ether oxygens (including phenoxy) is 2. The number of nitrogens with zero attached hydrogens (tertiary/aromatic N) is 2. The van der Waals surface area contributed by atoms with Gasteiger partial charge in [-0.05, 0) is 110 Å². The molecule has 0 bridgehead atoms. The van der Waals surface area contributed by atoms with Gasteiger partial charge in [-0.2, -0.15) is 4.58 Å². The van der Waals surface area contributed by atoms with Gasteiger partial charge in [0.1, 0.15) is 17.9 Å². The number of rotatable bonds is 46. The smallest absolute Gasteiger partial charge is 0.309 e. The average molecular weight is 1170 g/mol. The summed E-state index contributed by atoms with van der Waals surface area (Å²) >= 11 is 7.88. The van der Waals surface area contributed by atoms with Crippen LogP contribution in [0.1, 0.15) is 297 Å². The van der Waals surface area contributed by atoms with Crippen molar-refractivity contribution in [3.05, 3.63) is 93.7 Å². The van der Waals surface area contributed by atoms with Crippen LogP contribution in [-0.4, -0.2) is 58.7 Å². The van der Waals surface area contributed by atoms with Crippen molar-refractivity contribution in [2.45, 2.75) is 297 Å². The largest absolute Gasteiger partial charge is 0.494 e. The van der Waals surface area contributed by atoms with Crippen molar-refractivity contribution in [3.8, 4) is 11.5 Å². The fourth-order valence-electron chi connectivity index (χ4n) is 13.7. The normalized spacial score (nSPS) is 17.4. The molecule has 0 amide bonds. The lowest BCUT2D eigenvalue weighted by Crippen LogP contribution is -2.35. The highest BCUT2D eigenvalue weighted by Gasteiger charge is 2.51. The lowest BCUT2D eigenvalue weighted by molar-refractivity contribution is -0.436. The summed E-state index contributed by atoms with van der Waals surface area (Å²) in [5.74, 6) is 0.611. The number of halogens is 1. The molecule has 0 saturated carbocycles. The van der Waals surface area contributed by atoms with Gasteiger partial charge in [-0.25, -0.2) is 0 Å². The predicted octanol–water partition coefficient (Wildman–Crippen LogP) is 21.8. The van der Waals surface area contributed by atoms with Gasteiger partial charge in [-0.1, -0.05) is 246 Å². The summed E-state index contributed by atoms with van der Waals surface area (Å²) in [6.45, 7) is 18.0. The van der Waals surface area contributed by atoms with Gasteiger partial charge in [0.05, 0.1) is 25.0 Å². The van der Waals surface area contributed by atoms with Crippen molar-refractivity contribution in [3.63, 3.8) is 0 Å². The van der Waals surface area contributed by atoms with Crippen LogP contribution in [0.2, 0.25) is 0 Å². The third-order valence-electron chi connectivity index (χ3n) is 18.6. The lowest BCUT2D eigenvalue weighted by atomic mass is 9.69. The fraction of sp³-hybridized carbons (Fsp3) is 0.689. The van der Waals surface area contributed by atoms with Crippen molar-refractivity contribution in [1.29, 1.82) is 0 Å². The second-order valence-corrected chi connectivity index (χ2v) is 25.5. The number of hydrogen-bond donors (Lipinski definition) is 2. The summed E-state index contributed by atoms with van der Waals surface area (Å²) in [5.41, 5.74) is 8.84. The molecular weight excluding hydrogens is 1050 g/mol. The van der Waals surface area contributed by atoms with Gasteiger partial charge < -0.3 is 24.6 Å². The van der Waals surface area contributed by atoms with Gasteiger partial charge in [-0.3, -0.25) is 9.59 Å². The van der Waals surface area contributed by atoms with Crippen molar-refractivity contribution in [2.75, 3.05) is 31.2 Å². The highest BCUT2D eigenvalue weighted by atomic mass is 35.5. The standard InChI is InChI=1S/C74H115ClN2O6/c1-8-15-21-25-29-33-47-73(48-34-30-26-22-16-9-2)64-57-62(82-53-19-12-5)39-41-66(64)76(51-45-70(78)79)68(73)43-37-60-55-59(14-7)56-61(72(60)75)38-44-69-74(49-35-31-27-23-17-10-3,50-36-32-28-24-18-11-4)65-58-63(83-54-20-13-6)40-42-67(65)77(69)52-46-71(80)81/h37-44,57-59H,8-36,45-56H2,1-7H3,(H-,78,79,80,81)/p+1. The van der Waals surface area contributed by atoms with E-state index in [2.05, 4.69) is 119 Å². The van der Waals surface area contributed by atoms with E-state index >= 15 is 0 Å². The number of carboxylic acids is 2. The molecule has 1 aliphatic carbocycles. The van der Waals surface area contributed by atoms with Crippen molar-refractivity contribution >= 4 is 40.6 Å². The van der Waals surface area contributed by atoms with Crippen LogP contribution >= 0.6 is 11.6 Å². The van der Waals surface area contributed by atoms with Crippen LogP contribution in [0, 0.1) is 5.92 Å². The Labute approximate surface area is 511 Å². The number of allylic oxidation sites excluding steroid dienone is 8. The first-order valence-corrected chi connectivity index (χ1v) is 34.7. The van der Waals surface area contributed by atoms with Gasteiger partial charge in [0.25, 0.3) is 0 Å². The fourth-order valence-corrected chi connectivity index (χ4v) is 14.0. The molecule has 3 aliphatic rings. The molecule has 83 heavy (non-hydrogen) atoms. The van der Waals surface area contributed by atoms with Gasteiger partial charge in [-0.15, -0.1) is 0 Å². The molecule has 1 unspecified atom stereocenters. The molecule has 464 valence electrons. The van der Waals surface area contributed by atoms with Crippen LogP contribution in [0.25, 0.3) is 0 Å². The number of benzene rings is 2. The average Bonchev–Trinajstić information content (AvgIpc) is 1.83. The quantitative estimate of drug-likeness (QED) is 0.0503. The molecule has 0 saturated heterocycles. The van der Waals surface area contributed by atoms with Crippen LogP contribution in [0.4, 0.5) is 11.4 Å². The van der Waals surface area contributed by atoms with E-state index in [0.717, 1.165) is 135 Å². The first-order chi connectivity index (χ1) is 40.5.